The van der Waals surface area contributed by atoms with Crippen LogP contribution in [0, 0.1) is 6.92 Å². The lowest BCUT2D eigenvalue weighted by molar-refractivity contribution is -0.207. The number of esters is 1. The molecular weight excluding hydrogens is 561 g/mol. The van der Waals surface area contributed by atoms with Crippen molar-refractivity contribution in [3.05, 3.63) is 65.3 Å². The Morgan fingerprint density at radius 2 is 1.71 bits per heavy atom. The molecule has 5 rings (SSSR count). The number of carbonyl (C=O) groups is 3. The number of rotatable bonds is 7. The van der Waals surface area contributed by atoms with E-state index in [0.29, 0.717) is 16.5 Å². The fraction of sp³-hybridized carbons (Fsp3) is 0.308. The van der Waals surface area contributed by atoms with Crippen molar-refractivity contribution < 1.29 is 36.8 Å². The number of H-pyrrole nitrogens is 1. The van der Waals surface area contributed by atoms with Gasteiger partial charge in [0.2, 0.25) is 0 Å². The van der Waals surface area contributed by atoms with Crippen molar-refractivity contribution in [2.24, 2.45) is 0 Å². The van der Waals surface area contributed by atoms with Gasteiger partial charge in [0.25, 0.3) is 23.9 Å². The Labute approximate surface area is 236 Å². The first-order valence-electron chi connectivity index (χ1n) is 12.7. The van der Waals surface area contributed by atoms with Crippen LogP contribution in [0.1, 0.15) is 38.7 Å². The molecule has 1 fully saturated rings. The molecule has 0 radical (unpaired) electrons. The minimum Gasteiger partial charge on any atom is -0.425 e. The second-order valence-corrected chi connectivity index (χ2v) is 9.56. The Kier molecular flexibility index (Phi) is 7.80. The highest BCUT2D eigenvalue weighted by Crippen LogP contribution is 2.25. The summed E-state index contributed by atoms with van der Waals surface area (Å²) in [6.07, 6.45) is -7.34. The van der Waals surface area contributed by atoms with Gasteiger partial charge in [0, 0.05) is 48.4 Å². The third-order valence-corrected chi connectivity index (χ3v) is 6.54. The third-order valence-electron chi connectivity index (χ3n) is 6.54. The van der Waals surface area contributed by atoms with Gasteiger partial charge in [-0.15, -0.1) is 0 Å². The number of aromatic nitrogens is 4. The van der Waals surface area contributed by atoms with Crippen molar-refractivity contribution in [3.63, 3.8) is 0 Å². The fourth-order valence-corrected chi connectivity index (χ4v) is 4.26. The predicted octanol–water partition coefficient (Wildman–Crippen LogP) is 2.79. The van der Waals surface area contributed by atoms with E-state index in [1.165, 1.54) is 25.1 Å². The van der Waals surface area contributed by atoms with Crippen molar-refractivity contribution in [3.8, 4) is 0 Å². The number of piperazine rings is 1. The summed E-state index contributed by atoms with van der Waals surface area (Å²) in [6, 6.07) is 11.4. The molecule has 2 amide bonds. The van der Waals surface area contributed by atoms with Crippen LogP contribution in [0.3, 0.4) is 0 Å². The Bertz CT molecular complexity index is 1610. The van der Waals surface area contributed by atoms with Crippen LogP contribution >= 0.6 is 0 Å². The highest BCUT2D eigenvalue weighted by molar-refractivity contribution is 6.09. The lowest BCUT2D eigenvalue weighted by Crippen LogP contribution is -2.44. The van der Waals surface area contributed by atoms with E-state index in [1.807, 2.05) is 12.1 Å². The lowest BCUT2D eigenvalue weighted by Gasteiger charge is -2.34. The Morgan fingerprint density at radius 1 is 1.02 bits per heavy atom. The molecule has 0 saturated carbocycles. The monoisotopic (exact) mass is 586 g/mol. The first-order valence-corrected chi connectivity index (χ1v) is 12.7. The van der Waals surface area contributed by atoms with E-state index < -0.39 is 36.1 Å². The molecule has 16 heteroatoms. The molecule has 0 spiro atoms. The van der Waals surface area contributed by atoms with Gasteiger partial charge < -0.3 is 29.7 Å². The number of benzene rings is 2. The summed E-state index contributed by atoms with van der Waals surface area (Å²) in [5.74, 6) is -4.31. The molecule has 1 aliphatic heterocycles. The molecule has 13 nitrogen and oxygen atoms in total. The van der Waals surface area contributed by atoms with Gasteiger partial charge >= 0.3 is 12.1 Å². The van der Waals surface area contributed by atoms with Crippen LogP contribution in [0.4, 0.5) is 24.7 Å². The van der Waals surface area contributed by atoms with Gasteiger partial charge in [-0.25, -0.2) is 4.79 Å². The number of amides is 2. The van der Waals surface area contributed by atoms with Crippen molar-refractivity contribution in [2.75, 3.05) is 43.4 Å². The van der Waals surface area contributed by atoms with Gasteiger partial charge in [-0.2, -0.15) is 23.3 Å². The third kappa shape index (κ3) is 6.33. The molecule has 0 aliphatic carbocycles. The van der Waals surface area contributed by atoms with E-state index in [-0.39, 0.29) is 17.2 Å². The molecule has 1 unspecified atom stereocenters. The van der Waals surface area contributed by atoms with Gasteiger partial charge in [0.1, 0.15) is 0 Å². The van der Waals surface area contributed by atoms with E-state index >= 15 is 0 Å². The van der Waals surface area contributed by atoms with Crippen LogP contribution in [0.15, 0.2) is 47.0 Å². The van der Waals surface area contributed by atoms with Gasteiger partial charge in [-0.3, -0.25) is 14.7 Å². The maximum absolute atomic E-state index is 13.0. The lowest BCUT2D eigenvalue weighted by atomic mass is 10.1. The normalized spacial score (nSPS) is 14.9. The van der Waals surface area contributed by atoms with E-state index in [2.05, 4.69) is 52.6 Å². The fourth-order valence-electron chi connectivity index (χ4n) is 4.26. The Balaban J connectivity index is 1.31. The van der Waals surface area contributed by atoms with E-state index in [9.17, 15) is 27.6 Å². The van der Waals surface area contributed by atoms with Crippen molar-refractivity contribution in [1.82, 2.24) is 30.6 Å². The van der Waals surface area contributed by atoms with Gasteiger partial charge in [0.15, 0.2) is 11.6 Å². The Morgan fingerprint density at radius 3 is 2.36 bits per heavy atom. The molecule has 42 heavy (non-hydrogen) atoms. The van der Waals surface area contributed by atoms with Crippen LogP contribution in [0.5, 0.6) is 0 Å². The molecular formula is C26H25F3N8O5. The number of likely N-dealkylation sites (N-methyl/N-ethyl adjacent to an activating group) is 1. The summed E-state index contributed by atoms with van der Waals surface area (Å²) < 4.78 is 47.6. The summed E-state index contributed by atoms with van der Waals surface area (Å²) in [6.45, 7) is 5.06. The molecule has 3 N–H and O–H groups in total. The van der Waals surface area contributed by atoms with Gasteiger partial charge in [-0.05, 0) is 56.4 Å². The zero-order valence-electron chi connectivity index (χ0n) is 22.4. The second-order valence-electron chi connectivity index (χ2n) is 9.56. The van der Waals surface area contributed by atoms with Crippen LogP contribution in [0.2, 0.25) is 0 Å². The number of fused-ring (bicyclic) bond motifs is 1. The zero-order chi connectivity index (χ0) is 30.0. The van der Waals surface area contributed by atoms with E-state index in [1.54, 1.807) is 12.1 Å². The summed E-state index contributed by atoms with van der Waals surface area (Å²) in [7, 11) is 2.07. The average molecular weight is 587 g/mol. The summed E-state index contributed by atoms with van der Waals surface area (Å²) in [4.78, 5) is 45.6. The van der Waals surface area contributed by atoms with Crippen LogP contribution in [-0.4, -0.2) is 82.4 Å². The number of nitrogens with zero attached hydrogens (tertiary/aromatic N) is 5. The largest absolute Gasteiger partial charge is 0.491 e. The number of ether oxygens (including phenoxy) is 1. The first kappa shape index (κ1) is 28.5. The van der Waals surface area contributed by atoms with E-state index in [0.717, 1.165) is 31.9 Å². The first-order chi connectivity index (χ1) is 20.0. The van der Waals surface area contributed by atoms with Crippen LogP contribution < -0.4 is 15.5 Å². The van der Waals surface area contributed by atoms with Crippen molar-refractivity contribution in [1.29, 1.82) is 0 Å². The van der Waals surface area contributed by atoms with Crippen molar-refractivity contribution in [2.45, 2.75) is 19.3 Å². The quantitative estimate of drug-likeness (QED) is 0.217. The number of halogens is 3. The number of aromatic amines is 1. The molecule has 2 aromatic heterocycles. The number of carbonyl (C=O) groups excluding carboxylic acids is 3. The summed E-state index contributed by atoms with van der Waals surface area (Å²) in [5, 5.41) is 15.5. The second kappa shape index (κ2) is 11.5. The average Bonchev–Trinajstić information content (AvgIpc) is 3.58. The maximum Gasteiger partial charge on any atom is 0.491 e. The number of hydrogen-bond acceptors (Lipinski definition) is 10. The minimum atomic E-state index is -5.33. The summed E-state index contributed by atoms with van der Waals surface area (Å²) >= 11 is 0. The summed E-state index contributed by atoms with van der Waals surface area (Å²) in [5.41, 5.74) is 1.83. The maximum atomic E-state index is 13.0. The van der Waals surface area contributed by atoms with Crippen LogP contribution in [0.25, 0.3) is 10.9 Å². The zero-order valence-corrected chi connectivity index (χ0v) is 22.4. The smallest absolute Gasteiger partial charge is 0.425 e. The highest BCUT2D eigenvalue weighted by atomic mass is 19.4. The SMILES string of the molecule is Cc1noc(C(NC(=O)c2ccc3[nH]nc(NC(=O)c4ccc(N5CCN(C)CC5)cc4)c3c2)OC(=O)C(F)(F)F)n1. The minimum absolute atomic E-state index is 0.0415. The molecule has 0 bridgehead atoms. The number of hydrogen-bond donors (Lipinski definition) is 3. The highest BCUT2D eigenvalue weighted by Gasteiger charge is 2.43. The van der Waals surface area contributed by atoms with Crippen molar-refractivity contribution >= 4 is 40.2 Å². The topological polar surface area (TPSA) is 159 Å². The molecule has 1 saturated heterocycles. The number of nitrogens with one attached hydrogen (secondary N) is 3. The van der Waals surface area contributed by atoms with Gasteiger partial charge in [0.05, 0.1) is 5.52 Å². The van der Waals surface area contributed by atoms with E-state index in [4.69, 9.17) is 4.52 Å². The molecule has 3 heterocycles. The number of anilines is 2. The molecule has 1 aliphatic rings. The number of aryl methyl sites for hydroxylation is 1. The van der Waals surface area contributed by atoms with Crippen LogP contribution in [-0.2, 0) is 9.53 Å². The standard InChI is InChI=1S/C26H25F3N8O5/c1-14-30-24(42-35-14)23(41-25(40)26(27,28)29)32-22(39)16-5-8-19-18(13-16)20(34-33-19)31-21(38)15-3-6-17(7-4-15)37-11-9-36(2)10-12-37/h3-8,13,23H,9-12H2,1-2H3,(H,32,39)(H2,31,33,34,38). The molecule has 2 aromatic carbocycles. The molecule has 4 aromatic rings. The molecule has 220 valence electrons. The predicted molar refractivity (Wildman–Crippen MR) is 142 cm³/mol. The van der Waals surface area contributed by atoms with Gasteiger partial charge in [-0.1, -0.05) is 5.16 Å². The Hall–Kier alpha value is -4.99. The molecule has 1 atom stereocenters. The number of alkyl halides is 3.